The fourth-order valence-electron chi connectivity index (χ4n) is 1.79. The molecule has 1 heterocycles. The molecule has 2 nitrogen and oxygen atoms in total. The highest BCUT2D eigenvalue weighted by Crippen LogP contribution is 2.33. The summed E-state index contributed by atoms with van der Waals surface area (Å²) in [6, 6.07) is 0.812. The van der Waals surface area contributed by atoms with Gasteiger partial charge in [0.05, 0.1) is 5.37 Å². The Morgan fingerprint density at radius 2 is 2.29 bits per heavy atom. The summed E-state index contributed by atoms with van der Waals surface area (Å²) in [4.78, 5) is 2.42. The maximum Gasteiger partial charge on any atom is 0.0808 e. The molecule has 2 aliphatic rings. The van der Waals surface area contributed by atoms with Crippen molar-refractivity contribution in [1.82, 2.24) is 10.2 Å². The third-order valence-electron chi connectivity index (χ3n) is 2.90. The quantitative estimate of drug-likeness (QED) is 0.769. The zero-order chi connectivity index (χ0) is 10.1. The van der Waals surface area contributed by atoms with E-state index in [2.05, 4.69) is 36.5 Å². The first-order chi connectivity index (χ1) is 6.68. The van der Waals surface area contributed by atoms with Gasteiger partial charge in [-0.15, -0.1) is 11.8 Å². The highest BCUT2D eigenvalue weighted by Gasteiger charge is 2.27. The Kier molecular flexibility index (Phi) is 3.07. The first-order valence-corrected chi connectivity index (χ1v) is 6.43. The molecule has 0 aromatic heterocycles. The van der Waals surface area contributed by atoms with Crippen molar-refractivity contribution < 1.29 is 0 Å². The molecule has 14 heavy (non-hydrogen) atoms. The van der Waals surface area contributed by atoms with Crippen LogP contribution in [0.25, 0.3) is 0 Å². The predicted molar refractivity (Wildman–Crippen MR) is 63.1 cm³/mol. The molecule has 0 saturated heterocycles. The van der Waals surface area contributed by atoms with Crippen molar-refractivity contribution in [3.05, 3.63) is 11.1 Å². The van der Waals surface area contributed by atoms with Gasteiger partial charge < -0.3 is 10.2 Å². The lowest BCUT2D eigenvalue weighted by atomic mass is 10.2. The van der Waals surface area contributed by atoms with Gasteiger partial charge in [0.15, 0.2) is 0 Å². The third-order valence-corrected chi connectivity index (χ3v) is 4.45. The SMILES string of the molecule is CC(C)C1SC=C(CNC2CC2)N1C. The van der Waals surface area contributed by atoms with Gasteiger partial charge in [-0.05, 0) is 24.2 Å². The molecule has 1 aliphatic carbocycles. The van der Waals surface area contributed by atoms with E-state index in [0.717, 1.165) is 18.5 Å². The Hall–Kier alpha value is -0.150. The largest absolute Gasteiger partial charge is 0.364 e. The number of rotatable bonds is 4. The predicted octanol–water partition coefficient (Wildman–Crippen LogP) is 2.24. The van der Waals surface area contributed by atoms with Gasteiger partial charge in [0, 0.05) is 25.3 Å². The van der Waals surface area contributed by atoms with Crippen LogP contribution in [-0.2, 0) is 0 Å². The number of likely N-dealkylation sites (N-methyl/N-ethyl adjacent to an activating group) is 1. The van der Waals surface area contributed by atoms with Gasteiger partial charge in [-0.2, -0.15) is 0 Å². The standard InChI is InChI=1S/C11H20N2S/c1-8(2)11-13(3)10(7-14-11)6-12-9-4-5-9/h7-9,11-12H,4-6H2,1-3H3. The lowest BCUT2D eigenvalue weighted by Gasteiger charge is -2.27. The Morgan fingerprint density at radius 1 is 1.57 bits per heavy atom. The van der Waals surface area contributed by atoms with E-state index >= 15 is 0 Å². The van der Waals surface area contributed by atoms with Crippen LogP contribution in [0.1, 0.15) is 26.7 Å². The first-order valence-electron chi connectivity index (χ1n) is 5.49. The molecule has 0 spiro atoms. The van der Waals surface area contributed by atoms with E-state index in [4.69, 9.17) is 0 Å². The molecule has 80 valence electrons. The smallest absolute Gasteiger partial charge is 0.0808 e. The number of hydrogen-bond donors (Lipinski definition) is 1. The fraction of sp³-hybridized carbons (Fsp3) is 0.818. The minimum Gasteiger partial charge on any atom is -0.364 e. The van der Waals surface area contributed by atoms with Gasteiger partial charge in [-0.3, -0.25) is 0 Å². The molecule has 0 radical (unpaired) electrons. The van der Waals surface area contributed by atoms with Crippen LogP contribution in [0, 0.1) is 5.92 Å². The minimum atomic E-state index is 0.644. The summed E-state index contributed by atoms with van der Waals surface area (Å²) in [6.45, 7) is 5.63. The van der Waals surface area contributed by atoms with E-state index in [0.29, 0.717) is 5.37 Å². The van der Waals surface area contributed by atoms with Gasteiger partial charge >= 0.3 is 0 Å². The molecule has 2 rings (SSSR count). The van der Waals surface area contributed by atoms with Crippen molar-refractivity contribution >= 4 is 11.8 Å². The number of hydrogen-bond acceptors (Lipinski definition) is 3. The monoisotopic (exact) mass is 212 g/mol. The summed E-state index contributed by atoms with van der Waals surface area (Å²) in [6.07, 6.45) is 2.75. The summed E-state index contributed by atoms with van der Waals surface area (Å²) >= 11 is 1.96. The second-order valence-corrected chi connectivity index (χ2v) is 5.64. The summed E-state index contributed by atoms with van der Waals surface area (Å²) < 4.78 is 0. The van der Waals surface area contributed by atoms with Crippen LogP contribution in [0.15, 0.2) is 11.1 Å². The first kappa shape index (κ1) is 10.4. The van der Waals surface area contributed by atoms with Gasteiger partial charge in [0.25, 0.3) is 0 Å². The summed E-state index contributed by atoms with van der Waals surface area (Å²) in [5, 5.41) is 6.53. The van der Waals surface area contributed by atoms with Crippen LogP contribution >= 0.6 is 11.8 Å². The molecule has 1 saturated carbocycles. The molecular weight excluding hydrogens is 192 g/mol. The number of thioether (sulfide) groups is 1. The Bertz CT molecular complexity index is 233. The van der Waals surface area contributed by atoms with E-state index in [1.807, 2.05) is 11.8 Å². The second-order valence-electron chi connectivity index (χ2n) is 4.65. The molecule has 0 aromatic carbocycles. The van der Waals surface area contributed by atoms with Crippen molar-refractivity contribution in [2.24, 2.45) is 5.92 Å². The van der Waals surface area contributed by atoms with Crippen molar-refractivity contribution in [3.8, 4) is 0 Å². The zero-order valence-corrected chi connectivity index (χ0v) is 10.1. The molecule has 0 aromatic rings. The van der Waals surface area contributed by atoms with Crippen molar-refractivity contribution in [2.75, 3.05) is 13.6 Å². The lowest BCUT2D eigenvalue weighted by Crippen LogP contribution is -2.33. The second kappa shape index (κ2) is 4.15. The maximum absolute atomic E-state index is 3.57. The zero-order valence-electron chi connectivity index (χ0n) is 9.29. The Morgan fingerprint density at radius 3 is 2.79 bits per heavy atom. The molecule has 1 unspecified atom stereocenters. The third kappa shape index (κ3) is 2.26. The van der Waals surface area contributed by atoms with E-state index in [1.165, 1.54) is 18.5 Å². The summed E-state index contributed by atoms with van der Waals surface area (Å²) in [5.74, 6) is 0.722. The fourth-order valence-corrected chi connectivity index (χ4v) is 2.97. The van der Waals surface area contributed by atoms with Gasteiger partial charge in [-0.1, -0.05) is 13.8 Å². The lowest BCUT2D eigenvalue weighted by molar-refractivity contribution is 0.327. The van der Waals surface area contributed by atoms with Crippen LogP contribution in [0.2, 0.25) is 0 Å². The normalized spacial score (nSPS) is 27.3. The van der Waals surface area contributed by atoms with Gasteiger partial charge in [-0.25, -0.2) is 0 Å². The molecule has 0 amide bonds. The van der Waals surface area contributed by atoms with Crippen LogP contribution < -0.4 is 5.32 Å². The van der Waals surface area contributed by atoms with E-state index < -0.39 is 0 Å². The highest BCUT2D eigenvalue weighted by molar-refractivity contribution is 8.02. The maximum atomic E-state index is 3.57. The van der Waals surface area contributed by atoms with Crippen molar-refractivity contribution in [3.63, 3.8) is 0 Å². The minimum absolute atomic E-state index is 0.644. The Labute approximate surface area is 91.1 Å². The molecule has 1 atom stereocenters. The van der Waals surface area contributed by atoms with Crippen LogP contribution in [0.5, 0.6) is 0 Å². The van der Waals surface area contributed by atoms with Crippen LogP contribution in [-0.4, -0.2) is 29.9 Å². The summed E-state index contributed by atoms with van der Waals surface area (Å²) in [5.41, 5.74) is 1.46. The molecular formula is C11H20N2S. The number of nitrogens with zero attached hydrogens (tertiary/aromatic N) is 1. The van der Waals surface area contributed by atoms with Crippen molar-refractivity contribution in [2.45, 2.75) is 38.1 Å². The van der Waals surface area contributed by atoms with Gasteiger partial charge in [0.1, 0.15) is 0 Å². The Balaban J connectivity index is 1.81. The van der Waals surface area contributed by atoms with Gasteiger partial charge in [0.2, 0.25) is 0 Å². The average molecular weight is 212 g/mol. The highest BCUT2D eigenvalue weighted by atomic mass is 32.2. The molecule has 1 N–H and O–H groups in total. The van der Waals surface area contributed by atoms with Crippen LogP contribution in [0.4, 0.5) is 0 Å². The number of nitrogens with one attached hydrogen (secondary N) is 1. The van der Waals surface area contributed by atoms with E-state index in [1.54, 1.807) is 0 Å². The van der Waals surface area contributed by atoms with Crippen LogP contribution in [0.3, 0.4) is 0 Å². The van der Waals surface area contributed by atoms with E-state index in [-0.39, 0.29) is 0 Å². The molecule has 3 heteroatoms. The van der Waals surface area contributed by atoms with Crippen molar-refractivity contribution in [1.29, 1.82) is 0 Å². The molecule has 1 aliphatic heterocycles. The molecule has 1 fully saturated rings. The topological polar surface area (TPSA) is 15.3 Å². The average Bonchev–Trinajstić information content (AvgIpc) is 2.87. The van der Waals surface area contributed by atoms with E-state index in [9.17, 15) is 0 Å². The summed E-state index contributed by atoms with van der Waals surface area (Å²) in [7, 11) is 2.21. The molecule has 0 bridgehead atoms.